The van der Waals surface area contributed by atoms with Crippen molar-refractivity contribution in [2.24, 2.45) is 0 Å². The number of rotatable bonds is 3. The summed E-state index contributed by atoms with van der Waals surface area (Å²) in [6.45, 7) is 2.42. The van der Waals surface area contributed by atoms with Crippen LogP contribution in [0.15, 0.2) is 35.1 Å². The van der Waals surface area contributed by atoms with Gasteiger partial charge in [-0.25, -0.2) is 9.37 Å². The van der Waals surface area contributed by atoms with Gasteiger partial charge in [-0.1, -0.05) is 12.1 Å². The number of amides is 1. The minimum Gasteiger partial charge on any atom is -0.330 e. The summed E-state index contributed by atoms with van der Waals surface area (Å²) >= 11 is 0. The minimum absolute atomic E-state index is 0.0695. The molecule has 0 saturated carbocycles. The third-order valence-corrected chi connectivity index (χ3v) is 4.77. The summed E-state index contributed by atoms with van der Waals surface area (Å²) < 4.78 is 17.1. The molecule has 3 aromatic rings. The molecule has 1 amide bonds. The molecule has 0 saturated heterocycles. The lowest BCUT2D eigenvalue weighted by Gasteiger charge is -2.17. The van der Waals surface area contributed by atoms with Crippen molar-refractivity contribution in [1.29, 1.82) is 0 Å². The summed E-state index contributed by atoms with van der Waals surface area (Å²) in [6, 6.07) is 7.82. The maximum absolute atomic E-state index is 13.7. The second-order valence-corrected chi connectivity index (χ2v) is 6.58. The smallest absolute Gasteiger partial charge is 0.278 e. The fourth-order valence-corrected chi connectivity index (χ4v) is 3.49. The van der Waals surface area contributed by atoms with Crippen LogP contribution >= 0.6 is 0 Å². The van der Waals surface area contributed by atoms with Crippen molar-refractivity contribution in [2.45, 2.75) is 39.3 Å². The van der Waals surface area contributed by atoms with Crippen LogP contribution in [0, 0.1) is 12.7 Å². The van der Waals surface area contributed by atoms with Crippen molar-refractivity contribution >= 4 is 22.6 Å². The fraction of sp³-hybridized carbons (Fsp3) is 0.316. The van der Waals surface area contributed by atoms with Crippen molar-refractivity contribution in [1.82, 2.24) is 14.1 Å². The van der Waals surface area contributed by atoms with Crippen LogP contribution in [0.3, 0.4) is 0 Å². The summed E-state index contributed by atoms with van der Waals surface area (Å²) in [5.74, 6) is -0.0785. The molecular weight excluding hydrogens is 335 g/mol. The van der Waals surface area contributed by atoms with Crippen molar-refractivity contribution in [3.8, 4) is 0 Å². The Morgan fingerprint density at radius 1 is 1.31 bits per heavy atom. The van der Waals surface area contributed by atoms with Crippen LogP contribution in [0.4, 0.5) is 10.1 Å². The Bertz CT molecular complexity index is 1070. The normalized spacial score (nSPS) is 13.6. The van der Waals surface area contributed by atoms with Gasteiger partial charge in [0.1, 0.15) is 23.7 Å². The number of hydrogen-bond donors (Lipinski definition) is 1. The molecule has 0 radical (unpaired) electrons. The molecule has 0 bridgehead atoms. The van der Waals surface area contributed by atoms with E-state index in [4.69, 9.17) is 0 Å². The monoisotopic (exact) mass is 354 g/mol. The summed E-state index contributed by atoms with van der Waals surface area (Å²) in [5.41, 5.74) is 1.82. The molecule has 1 aliphatic rings. The Labute approximate surface area is 149 Å². The number of para-hydroxylation sites is 1. The Kier molecular flexibility index (Phi) is 4.06. The van der Waals surface area contributed by atoms with Gasteiger partial charge in [0, 0.05) is 18.7 Å². The van der Waals surface area contributed by atoms with Crippen LogP contribution < -0.4 is 10.9 Å². The van der Waals surface area contributed by atoms with Gasteiger partial charge in [0.15, 0.2) is 0 Å². The van der Waals surface area contributed by atoms with E-state index in [0.717, 1.165) is 30.8 Å². The molecule has 1 aliphatic heterocycles. The van der Waals surface area contributed by atoms with E-state index in [-0.39, 0.29) is 17.8 Å². The molecule has 3 heterocycles. The van der Waals surface area contributed by atoms with E-state index >= 15 is 0 Å². The molecule has 0 spiro atoms. The number of halogens is 1. The predicted molar refractivity (Wildman–Crippen MR) is 96.7 cm³/mol. The van der Waals surface area contributed by atoms with Crippen LogP contribution in [0.2, 0.25) is 0 Å². The molecule has 2 aromatic heterocycles. The van der Waals surface area contributed by atoms with Crippen molar-refractivity contribution in [2.75, 3.05) is 5.32 Å². The van der Waals surface area contributed by atoms with Gasteiger partial charge < -0.3 is 9.88 Å². The maximum Gasteiger partial charge on any atom is 0.278 e. The van der Waals surface area contributed by atoms with E-state index in [1.165, 1.54) is 12.1 Å². The lowest BCUT2D eigenvalue weighted by Crippen LogP contribution is -2.30. The lowest BCUT2D eigenvalue weighted by atomic mass is 10.1. The molecular formula is C19H19FN4O2. The first kappa shape index (κ1) is 16.5. The van der Waals surface area contributed by atoms with Gasteiger partial charge in [-0.15, -0.1) is 0 Å². The Morgan fingerprint density at radius 2 is 2.12 bits per heavy atom. The zero-order valence-electron chi connectivity index (χ0n) is 14.5. The molecule has 1 N–H and O–H groups in total. The molecule has 7 heteroatoms. The average Bonchev–Trinajstić information content (AvgIpc) is 2.93. The molecule has 0 atom stereocenters. The number of nitrogens with one attached hydrogen (secondary N) is 1. The van der Waals surface area contributed by atoms with Crippen LogP contribution in [0.1, 0.15) is 24.4 Å². The molecule has 6 nitrogen and oxygen atoms in total. The van der Waals surface area contributed by atoms with E-state index in [0.29, 0.717) is 17.6 Å². The summed E-state index contributed by atoms with van der Waals surface area (Å²) in [6.07, 6.45) is 2.78. The van der Waals surface area contributed by atoms with E-state index in [2.05, 4.69) is 10.3 Å². The van der Waals surface area contributed by atoms with E-state index < -0.39 is 11.7 Å². The van der Waals surface area contributed by atoms with Gasteiger partial charge in [0.05, 0.1) is 11.2 Å². The molecule has 1 aromatic carbocycles. The lowest BCUT2D eigenvalue weighted by molar-refractivity contribution is -0.116. The zero-order valence-corrected chi connectivity index (χ0v) is 14.5. The van der Waals surface area contributed by atoms with Gasteiger partial charge in [0.25, 0.3) is 5.56 Å². The summed E-state index contributed by atoms with van der Waals surface area (Å²) in [5, 5.41) is 2.56. The number of carbonyl (C=O) groups is 1. The van der Waals surface area contributed by atoms with E-state index in [1.54, 1.807) is 21.3 Å². The number of benzene rings is 1. The highest BCUT2D eigenvalue weighted by atomic mass is 19.1. The highest BCUT2D eigenvalue weighted by Crippen LogP contribution is 2.19. The highest BCUT2D eigenvalue weighted by molar-refractivity contribution is 5.92. The zero-order chi connectivity index (χ0) is 18.3. The van der Waals surface area contributed by atoms with Gasteiger partial charge in [-0.2, -0.15) is 0 Å². The quantitative estimate of drug-likeness (QED) is 0.786. The highest BCUT2D eigenvalue weighted by Gasteiger charge is 2.20. The third-order valence-electron chi connectivity index (χ3n) is 4.77. The third kappa shape index (κ3) is 2.79. The van der Waals surface area contributed by atoms with Crippen LogP contribution in [-0.2, 0) is 24.3 Å². The maximum atomic E-state index is 13.7. The van der Waals surface area contributed by atoms with Crippen LogP contribution in [0.5, 0.6) is 0 Å². The van der Waals surface area contributed by atoms with Gasteiger partial charge in [-0.05, 0) is 38.0 Å². The SMILES string of the molecule is Cc1cc2nc3n(c(=O)c2n1CC(=O)Nc1ccccc1F)CCCC3. The Balaban J connectivity index is 1.70. The number of aryl methyl sites for hydroxylation is 2. The number of aromatic nitrogens is 3. The number of nitrogens with zero attached hydrogens (tertiary/aromatic N) is 3. The first-order valence-corrected chi connectivity index (χ1v) is 8.68. The van der Waals surface area contributed by atoms with Gasteiger partial charge >= 0.3 is 0 Å². The Morgan fingerprint density at radius 3 is 2.92 bits per heavy atom. The minimum atomic E-state index is -0.495. The molecule has 0 unspecified atom stereocenters. The van der Waals surface area contributed by atoms with E-state index in [1.807, 2.05) is 13.0 Å². The summed E-state index contributed by atoms with van der Waals surface area (Å²) in [4.78, 5) is 29.9. The van der Waals surface area contributed by atoms with Crippen molar-refractivity contribution < 1.29 is 9.18 Å². The predicted octanol–water partition coefficient (Wildman–Crippen LogP) is 2.62. The van der Waals surface area contributed by atoms with Crippen LogP contribution in [-0.4, -0.2) is 20.0 Å². The fourth-order valence-electron chi connectivity index (χ4n) is 3.49. The number of fused-ring (bicyclic) bond motifs is 2. The van der Waals surface area contributed by atoms with Gasteiger partial charge in [0.2, 0.25) is 5.91 Å². The summed E-state index contributed by atoms with van der Waals surface area (Å²) in [7, 11) is 0. The average molecular weight is 354 g/mol. The number of anilines is 1. The standard InChI is InChI=1S/C19H19FN4O2/c1-12-10-15-18(19(26)23-9-5-4-8-16(23)21-15)24(12)11-17(25)22-14-7-3-2-6-13(14)20/h2-3,6-7,10H,4-5,8-9,11H2,1H3,(H,22,25). The first-order valence-electron chi connectivity index (χ1n) is 8.68. The first-order chi connectivity index (χ1) is 12.5. The molecule has 4 rings (SSSR count). The molecule has 0 fully saturated rings. The molecule has 134 valence electrons. The van der Waals surface area contributed by atoms with E-state index in [9.17, 15) is 14.0 Å². The number of hydrogen-bond acceptors (Lipinski definition) is 3. The second-order valence-electron chi connectivity index (χ2n) is 6.58. The largest absolute Gasteiger partial charge is 0.330 e. The van der Waals surface area contributed by atoms with Gasteiger partial charge in [-0.3, -0.25) is 14.2 Å². The van der Waals surface area contributed by atoms with Crippen molar-refractivity contribution in [3.05, 3.63) is 58.0 Å². The van der Waals surface area contributed by atoms with Crippen molar-refractivity contribution in [3.63, 3.8) is 0 Å². The molecule has 26 heavy (non-hydrogen) atoms. The second kappa shape index (κ2) is 6.40. The Hall–Kier alpha value is -2.96. The topological polar surface area (TPSA) is 68.9 Å². The molecule has 0 aliphatic carbocycles. The number of carbonyl (C=O) groups excluding carboxylic acids is 1. The van der Waals surface area contributed by atoms with Crippen LogP contribution in [0.25, 0.3) is 11.0 Å².